The average Bonchev–Trinajstić information content (AvgIpc) is 2.96. The number of rotatable bonds is 4. The summed E-state index contributed by atoms with van der Waals surface area (Å²) < 4.78 is 13.8. The molecule has 0 aliphatic rings. The minimum absolute atomic E-state index is 0.0563. The molecule has 9 heteroatoms. The number of nitrogens with zero attached hydrogens (tertiary/aromatic N) is 2. The molecule has 1 unspecified atom stereocenters. The summed E-state index contributed by atoms with van der Waals surface area (Å²) in [7, 11) is 0. The van der Waals surface area contributed by atoms with Crippen LogP contribution in [0, 0.1) is 0 Å². The fourth-order valence-corrected chi connectivity index (χ4v) is 3.96. The Labute approximate surface area is 167 Å². The van der Waals surface area contributed by atoms with E-state index >= 15 is 0 Å². The van der Waals surface area contributed by atoms with E-state index in [4.69, 9.17) is 34.8 Å². The number of halogens is 3. The van der Waals surface area contributed by atoms with Gasteiger partial charge in [0.2, 0.25) is 5.69 Å². The Morgan fingerprint density at radius 1 is 1.12 bits per heavy atom. The minimum Gasteiger partial charge on any atom is -0.610 e. The Morgan fingerprint density at radius 3 is 2.27 bits per heavy atom. The lowest BCUT2D eigenvalue weighted by Crippen LogP contribution is -2.12. The maximum atomic E-state index is 12.3. The molecule has 0 saturated carbocycles. The molecule has 26 heavy (non-hydrogen) atoms. The van der Waals surface area contributed by atoms with Gasteiger partial charge in [-0.25, -0.2) is 9.78 Å². The SMILES string of the molecule is C[S+]([O-])c1c(C(=O)O)nc(-c2ccc(Cl)cc2Cl)n1-c1ccc(Cl)cc1. The first kappa shape index (κ1) is 19.1. The van der Waals surface area contributed by atoms with Crippen molar-refractivity contribution in [2.24, 2.45) is 0 Å². The van der Waals surface area contributed by atoms with E-state index < -0.39 is 17.1 Å². The van der Waals surface area contributed by atoms with E-state index in [1.54, 1.807) is 36.4 Å². The molecule has 1 aromatic heterocycles. The van der Waals surface area contributed by atoms with Crippen LogP contribution in [0.2, 0.25) is 15.1 Å². The van der Waals surface area contributed by atoms with Gasteiger partial charge in [-0.1, -0.05) is 34.8 Å². The predicted molar refractivity (Wildman–Crippen MR) is 103 cm³/mol. The second-order valence-electron chi connectivity index (χ2n) is 5.28. The van der Waals surface area contributed by atoms with Crippen molar-refractivity contribution < 1.29 is 14.5 Å². The van der Waals surface area contributed by atoms with Crippen molar-refractivity contribution in [1.29, 1.82) is 0 Å². The quantitative estimate of drug-likeness (QED) is 0.596. The van der Waals surface area contributed by atoms with Crippen molar-refractivity contribution in [3.8, 4) is 17.1 Å². The largest absolute Gasteiger partial charge is 0.610 e. The van der Waals surface area contributed by atoms with E-state index in [0.29, 0.717) is 26.3 Å². The summed E-state index contributed by atoms with van der Waals surface area (Å²) in [6.07, 6.45) is 1.39. The van der Waals surface area contributed by atoms with Crippen LogP contribution in [0.15, 0.2) is 47.5 Å². The Morgan fingerprint density at radius 2 is 1.73 bits per heavy atom. The van der Waals surface area contributed by atoms with Gasteiger partial charge in [-0.3, -0.25) is 4.57 Å². The van der Waals surface area contributed by atoms with Gasteiger partial charge < -0.3 is 9.66 Å². The molecule has 2 aromatic carbocycles. The number of benzene rings is 2. The lowest BCUT2D eigenvalue weighted by atomic mass is 10.2. The summed E-state index contributed by atoms with van der Waals surface area (Å²) in [6.45, 7) is 0. The molecule has 0 saturated heterocycles. The van der Waals surface area contributed by atoms with E-state index in [-0.39, 0.29) is 16.5 Å². The van der Waals surface area contributed by atoms with Crippen LogP contribution in [0.1, 0.15) is 10.5 Å². The zero-order valence-corrected chi connectivity index (χ0v) is 16.3. The molecule has 0 aliphatic carbocycles. The number of aromatic nitrogens is 2. The third kappa shape index (κ3) is 3.56. The van der Waals surface area contributed by atoms with E-state index in [2.05, 4.69) is 4.98 Å². The van der Waals surface area contributed by atoms with E-state index in [9.17, 15) is 14.5 Å². The van der Waals surface area contributed by atoms with Crippen LogP contribution in [0.4, 0.5) is 0 Å². The summed E-state index contributed by atoms with van der Waals surface area (Å²) >= 11 is 16.6. The second-order valence-corrected chi connectivity index (χ2v) is 7.86. The van der Waals surface area contributed by atoms with Crippen LogP contribution >= 0.6 is 34.8 Å². The van der Waals surface area contributed by atoms with Crippen LogP contribution in [0.25, 0.3) is 17.1 Å². The molecule has 1 heterocycles. The number of carboxylic acid groups (broad SMARTS) is 1. The molecule has 5 nitrogen and oxygen atoms in total. The zero-order valence-electron chi connectivity index (χ0n) is 13.2. The molecule has 0 amide bonds. The maximum Gasteiger partial charge on any atom is 0.361 e. The smallest absolute Gasteiger partial charge is 0.361 e. The standard InChI is InChI=1S/C17H11Cl3N2O3S/c1-26(25)16-14(17(23)24)21-15(12-7-4-10(19)8-13(12)20)22(16)11-5-2-9(18)3-6-11/h2-8H,1H3,(H,23,24). The van der Waals surface area contributed by atoms with Gasteiger partial charge in [0.05, 0.1) is 10.7 Å². The monoisotopic (exact) mass is 428 g/mol. The molecule has 0 fully saturated rings. The predicted octanol–water partition coefficient (Wildman–Crippen LogP) is 4.94. The molecule has 3 rings (SSSR count). The second kappa shape index (κ2) is 7.50. The fraction of sp³-hybridized carbons (Fsp3) is 0.0588. The molecule has 1 N–H and O–H groups in total. The van der Waals surface area contributed by atoms with Gasteiger partial charge >= 0.3 is 5.97 Å². The fourth-order valence-electron chi connectivity index (χ4n) is 2.49. The highest BCUT2D eigenvalue weighted by molar-refractivity contribution is 7.90. The number of carbonyl (C=O) groups is 1. The molecule has 0 aliphatic heterocycles. The van der Waals surface area contributed by atoms with Crippen molar-refractivity contribution in [2.75, 3.05) is 6.26 Å². The number of carboxylic acids is 1. The maximum absolute atomic E-state index is 12.3. The van der Waals surface area contributed by atoms with Crippen molar-refractivity contribution in [2.45, 2.75) is 5.03 Å². The summed E-state index contributed by atoms with van der Waals surface area (Å²) in [5, 5.41) is 10.8. The highest BCUT2D eigenvalue weighted by Gasteiger charge is 2.31. The lowest BCUT2D eigenvalue weighted by molar-refractivity contribution is 0.0686. The van der Waals surface area contributed by atoms with Crippen LogP contribution in [-0.2, 0) is 11.2 Å². The van der Waals surface area contributed by atoms with Crippen molar-refractivity contribution in [3.05, 3.63) is 63.2 Å². The molecular weight excluding hydrogens is 419 g/mol. The van der Waals surface area contributed by atoms with Gasteiger partial charge in [-0.2, -0.15) is 0 Å². The Bertz CT molecular complexity index is 988. The van der Waals surface area contributed by atoms with Crippen LogP contribution in [-0.4, -0.2) is 31.4 Å². The van der Waals surface area contributed by atoms with Gasteiger partial charge in [0.1, 0.15) is 6.26 Å². The van der Waals surface area contributed by atoms with Crippen molar-refractivity contribution in [1.82, 2.24) is 9.55 Å². The van der Waals surface area contributed by atoms with Gasteiger partial charge in [-0.15, -0.1) is 0 Å². The average molecular weight is 430 g/mol. The normalized spacial score (nSPS) is 12.2. The number of hydrogen-bond acceptors (Lipinski definition) is 3. The number of imidazole rings is 1. The molecule has 0 bridgehead atoms. The molecule has 1 atom stereocenters. The topological polar surface area (TPSA) is 78.2 Å². The van der Waals surface area contributed by atoms with Crippen molar-refractivity contribution in [3.63, 3.8) is 0 Å². The van der Waals surface area contributed by atoms with Crippen LogP contribution in [0.3, 0.4) is 0 Å². The highest BCUT2D eigenvalue weighted by Crippen LogP contribution is 2.35. The molecule has 0 radical (unpaired) electrons. The first-order valence-corrected chi connectivity index (χ1v) is 9.89. The van der Waals surface area contributed by atoms with E-state index in [1.807, 2.05) is 0 Å². The summed E-state index contributed by atoms with van der Waals surface area (Å²) in [5.41, 5.74) is 0.715. The minimum atomic E-state index is -1.62. The van der Waals surface area contributed by atoms with Gasteiger partial charge in [0.25, 0.3) is 5.03 Å². The lowest BCUT2D eigenvalue weighted by Gasteiger charge is -2.13. The molecule has 134 valence electrons. The Balaban J connectivity index is 2.38. The summed E-state index contributed by atoms with van der Waals surface area (Å²) in [4.78, 5) is 15.9. The first-order chi connectivity index (χ1) is 12.3. The van der Waals surface area contributed by atoms with E-state index in [1.165, 1.54) is 16.9 Å². The number of aromatic carboxylic acids is 1. The van der Waals surface area contributed by atoms with Crippen LogP contribution in [0.5, 0.6) is 0 Å². The molecule has 3 aromatic rings. The third-order valence-corrected chi connectivity index (χ3v) is 5.29. The summed E-state index contributed by atoms with van der Waals surface area (Å²) in [6, 6.07) is 11.4. The van der Waals surface area contributed by atoms with Gasteiger partial charge in [0, 0.05) is 26.8 Å². The Hall–Kier alpha value is -1.70. The van der Waals surface area contributed by atoms with Crippen molar-refractivity contribution >= 4 is 51.9 Å². The van der Waals surface area contributed by atoms with Gasteiger partial charge in [0.15, 0.2) is 5.82 Å². The van der Waals surface area contributed by atoms with E-state index in [0.717, 1.165) is 0 Å². The zero-order chi connectivity index (χ0) is 19.0. The van der Waals surface area contributed by atoms with Gasteiger partial charge in [-0.05, 0) is 42.5 Å². The Kier molecular flexibility index (Phi) is 5.50. The summed E-state index contributed by atoms with van der Waals surface area (Å²) in [5.74, 6) is -1.04. The first-order valence-electron chi connectivity index (χ1n) is 7.20. The number of hydrogen-bond donors (Lipinski definition) is 1. The van der Waals surface area contributed by atoms with Crippen LogP contribution < -0.4 is 0 Å². The third-order valence-electron chi connectivity index (χ3n) is 3.57. The molecular formula is C17H11Cl3N2O3S. The highest BCUT2D eigenvalue weighted by atomic mass is 35.5. The molecule has 0 spiro atoms.